The highest BCUT2D eigenvalue weighted by molar-refractivity contribution is 5.94. The Bertz CT molecular complexity index is 457. The number of carbonyl (C=O) groups excluding carboxylic acids is 1. The van der Waals surface area contributed by atoms with Crippen LogP contribution < -0.4 is 15.8 Å². The predicted molar refractivity (Wildman–Crippen MR) is 60.4 cm³/mol. The number of anilines is 1. The summed E-state index contributed by atoms with van der Waals surface area (Å²) < 4.78 is 5.48. The molecule has 1 aromatic carbocycles. The number of benzene rings is 1. The Morgan fingerprint density at radius 2 is 2.25 bits per heavy atom. The number of fused-ring (bicyclic) bond motifs is 3. The van der Waals surface area contributed by atoms with Crippen LogP contribution in [-0.4, -0.2) is 12.5 Å². The number of hydrogen-bond donors (Lipinski definition) is 2. The van der Waals surface area contributed by atoms with Gasteiger partial charge in [0.15, 0.2) is 0 Å². The fraction of sp³-hybridized carbons (Fsp3) is 0.417. The van der Waals surface area contributed by atoms with E-state index in [0.717, 1.165) is 29.0 Å². The van der Waals surface area contributed by atoms with Crippen molar-refractivity contribution in [3.63, 3.8) is 0 Å². The largest absolute Gasteiger partial charge is 0.493 e. The molecule has 84 valence electrons. The summed E-state index contributed by atoms with van der Waals surface area (Å²) in [6.07, 6.45) is 2.05. The normalized spacial score (nSPS) is 22.8. The first-order valence-corrected chi connectivity index (χ1v) is 5.59. The van der Waals surface area contributed by atoms with Gasteiger partial charge in [0.05, 0.1) is 12.3 Å². The zero-order chi connectivity index (χ0) is 11.1. The van der Waals surface area contributed by atoms with Crippen molar-refractivity contribution in [1.82, 2.24) is 0 Å². The van der Waals surface area contributed by atoms with Gasteiger partial charge in [0.1, 0.15) is 5.75 Å². The molecule has 2 aliphatic rings. The Balaban J connectivity index is 2.16. The van der Waals surface area contributed by atoms with Crippen molar-refractivity contribution in [1.29, 1.82) is 0 Å². The minimum atomic E-state index is -0.0557. The zero-order valence-electron chi connectivity index (χ0n) is 8.95. The molecule has 1 atom stereocenters. The molecule has 1 aromatic rings. The van der Waals surface area contributed by atoms with Gasteiger partial charge in [0.25, 0.3) is 0 Å². The van der Waals surface area contributed by atoms with E-state index in [9.17, 15) is 4.79 Å². The van der Waals surface area contributed by atoms with Crippen LogP contribution in [0.5, 0.6) is 5.75 Å². The lowest BCUT2D eigenvalue weighted by molar-refractivity contribution is -0.116. The molecule has 0 aliphatic carbocycles. The first-order chi connectivity index (χ1) is 7.75. The molecule has 2 heterocycles. The molecule has 0 aromatic heterocycles. The van der Waals surface area contributed by atoms with E-state index in [-0.39, 0.29) is 11.9 Å². The van der Waals surface area contributed by atoms with Crippen LogP contribution in [0.15, 0.2) is 12.1 Å². The maximum Gasteiger partial charge on any atom is 0.224 e. The first-order valence-electron chi connectivity index (χ1n) is 5.59. The highest BCUT2D eigenvalue weighted by Crippen LogP contribution is 2.38. The maximum absolute atomic E-state index is 11.6. The average Bonchev–Trinajstić information content (AvgIpc) is 2.69. The fourth-order valence-corrected chi connectivity index (χ4v) is 2.39. The number of carbonyl (C=O) groups is 1. The van der Waals surface area contributed by atoms with Gasteiger partial charge >= 0.3 is 0 Å². The molecule has 0 saturated heterocycles. The van der Waals surface area contributed by atoms with E-state index in [1.54, 1.807) is 0 Å². The molecule has 0 fully saturated rings. The van der Waals surface area contributed by atoms with Gasteiger partial charge in [-0.2, -0.15) is 0 Å². The van der Waals surface area contributed by atoms with Gasteiger partial charge in [-0.25, -0.2) is 0 Å². The van der Waals surface area contributed by atoms with Crippen LogP contribution in [0.4, 0.5) is 5.69 Å². The van der Waals surface area contributed by atoms with Crippen LogP contribution in [0.1, 0.15) is 30.0 Å². The lowest BCUT2D eigenvalue weighted by Gasteiger charge is -2.14. The lowest BCUT2D eigenvalue weighted by Crippen LogP contribution is -2.11. The SMILES string of the molecule is NC1CCC(=O)Nc2c1ccc1c2CCO1. The molecule has 0 bridgehead atoms. The van der Waals surface area contributed by atoms with Crippen molar-refractivity contribution in [3.05, 3.63) is 23.3 Å². The molecule has 3 rings (SSSR count). The summed E-state index contributed by atoms with van der Waals surface area (Å²) in [5.41, 5.74) is 9.10. The van der Waals surface area contributed by atoms with Crippen molar-refractivity contribution >= 4 is 11.6 Å². The van der Waals surface area contributed by atoms with E-state index in [1.807, 2.05) is 12.1 Å². The molecular weight excluding hydrogens is 204 g/mol. The van der Waals surface area contributed by atoms with Crippen LogP contribution in [0, 0.1) is 0 Å². The Hall–Kier alpha value is -1.55. The van der Waals surface area contributed by atoms with E-state index in [2.05, 4.69) is 5.32 Å². The van der Waals surface area contributed by atoms with Crippen LogP contribution >= 0.6 is 0 Å². The van der Waals surface area contributed by atoms with Crippen molar-refractivity contribution in [2.45, 2.75) is 25.3 Å². The van der Waals surface area contributed by atoms with E-state index < -0.39 is 0 Å². The van der Waals surface area contributed by atoms with Crippen LogP contribution in [-0.2, 0) is 11.2 Å². The minimum Gasteiger partial charge on any atom is -0.493 e. The summed E-state index contributed by atoms with van der Waals surface area (Å²) in [5, 5.41) is 2.95. The number of hydrogen-bond acceptors (Lipinski definition) is 3. The third-order valence-electron chi connectivity index (χ3n) is 3.26. The average molecular weight is 218 g/mol. The minimum absolute atomic E-state index is 0.0505. The fourth-order valence-electron chi connectivity index (χ4n) is 2.39. The number of amides is 1. The molecule has 1 unspecified atom stereocenters. The van der Waals surface area contributed by atoms with Gasteiger partial charge in [-0.1, -0.05) is 6.07 Å². The monoisotopic (exact) mass is 218 g/mol. The van der Waals surface area contributed by atoms with E-state index in [0.29, 0.717) is 19.4 Å². The third kappa shape index (κ3) is 1.38. The Labute approximate surface area is 93.8 Å². The van der Waals surface area contributed by atoms with E-state index in [4.69, 9.17) is 10.5 Å². The van der Waals surface area contributed by atoms with Gasteiger partial charge in [-0.05, 0) is 18.1 Å². The molecular formula is C12H14N2O2. The van der Waals surface area contributed by atoms with Crippen molar-refractivity contribution in [2.75, 3.05) is 11.9 Å². The Morgan fingerprint density at radius 1 is 1.38 bits per heavy atom. The van der Waals surface area contributed by atoms with Crippen LogP contribution in [0.3, 0.4) is 0 Å². The summed E-state index contributed by atoms with van der Waals surface area (Å²) >= 11 is 0. The standard InChI is InChI=1S/C12H14N2O2/c13-9-2-4-11(15)14-12-7(9)1-3-10-8(12)5-6-16-10/h1,3,9H,2,4-6,13H2,(H,14,15). The smallest absolute Gasteiger partial charge is 0.224 e. The number of rotatable bonds is 0. The Kier molecular flexibility index (Phi) is 2.11. The van der Waals surface area contributed by atoms with Gasteiger partial charge in [0, 0.05) is 24.4 Å². The van der Waals surface area contributed by atoms with E-state index >= 15 is 0 Å². The molecule has 4 nitrogen and oxygen atoms in total. The molecule has 3 N–H and O–H groups in total. The van der Waals surface area contributed by atoms with Crippen LogP contribution in [0.2, 0.25) is 0 Å². The maximum atomic E-state index is 11.6. The molecule has 0 radical (unpaired) electrons. The number of nitrogens with one attached hydrogen (secondary N) is 1. The second-order valence-electron chi connectivity index (χ2n) is 4.30. The molecule has 1 amide bonds. The summed E-state index contributed by atoms with van der Waals surface area (Å²) in [4.78, 5) is 11.6. The van der Waals surface area contributed by atoms with Gasteiger partial charge in [-0.3, -0.25) is 4.79 Å². The second kappa shape index (κ2) is 3.49. The third-order valence-corrected chi connectivity index (χ3v) is 3.26. The van der Waals surface area contributed by atoms with Gasteiger partial charge in [0.2, 0.25) is 5.91 Å². The van der Waals surface area contributed by atoms with Crippen molar-refractivity contribution in [2.24, 2.45) is 5.73 Å². The summed E-state index contributed by atoms with van der Waals surface area (Å²) in [5.74, 6) is 0.933. The molecule has 2 aliphatic heterocycles. The molecule has 16 heavy (non-hydrogen) atoms. The summed E-state index contributed by atoms with van der Waals surface area (Å²) in [6.45, 7) is 0.691. The van der Waals surface area contributed by atoms with Crippen molar-refractivity contribution < 1.29 is 9.53 Å². The first kappa shape index (κ1) is 9.66. The summed E-state index contributed by atoms with van der Waals surface area (Å²) in [6, 6.07) is 3.87. The number of ether oxygens (including phenoxy) is 1. The lowest BCUT2D eigenvalue weighted by atomic mass is 9.98. The van der Waals surface area contributed by atoms with Crippen molar-refractivity contribution in [3.8, 4) is 5.75 Å². The second-order valence-corrected chi connectivity index (χ2v) is 4.30. The number of nitrogens with two attached hydrogens (primary N) is 1. The molecule has 0 saturated carbocycles. The quantitative estimate of drug-likeness (QED) is 0.691. The summed E-state index contributed by atoms with van der Waals surface area (Å²) in [7, 11) is 0. The van der Waals surface area contributed by atoms with Gasteiger partial charge in [-0.15, -0.1) is 0 Å². The molecule has 0 spiro atoms. The van der Waals surface area contributed by atoms with E-state index in [1.165, 1.54) is 0 Å². The highest BCUT2D eigenvalue weighted by atomic mass is 16.5. The highest BCUT2D eigenvalue weighted by Gasteiger charge is 2.25. The predicted octanol–water partition coefficient (Wildman–Crippen LogP) is 1.35. The van der Waals surface area contributed by atoms with Crippen LogP contribution in [0.25, 0.3) is 0 Å². The topological polar surface area (TPSA) is 64.4 Å². The van der Waals surface area contributed by atoms with Gasteiger partial charge < -0.3 is 15.8 Å². The Morgan fingerprint density at radius 3 is 3.12 bits per heavy atom. The zero-order valence-corrected chi connectivity index (χ0v) is 8.95. The molecule has 4 heteroatoms.